The summed E-state index contributed by atoms with van der Waals surface area (Å²) in [6, 6.07) is 25.6. The van der Waals surface area contributed by atoms with Gasteiger partial charge in [0.2, 0.25) is 0 Å². The predicted molar refractivity (Wildman–Crippen MR) is 103 cm³/mol. The van der Waals surface area contributed by atoms with E-state index in [1.165, 1.54) is 0 Å². The smallest absolute Gasteiger partial charge is 0.252 e. The Labute approximate surface area is 150 Å². The lowest BCUT2D eigenvalue weighted by atomic mass is 9.99. The Morgan fingerprint density at radius 3 is 2.44 bits per heavy atom. The number of para-hydroxylation sites is 1. The summed E-state index contributed by atoms with van der Waals surface area (Å²) in [5, 5.41) is 3.90. The first kappa shape index (κ1) is 15.5. The Bertz CT molecular complexity index is 991. The van der Waals surface area contributed by atoms with Gasteiger partial charge in [-0.15, -0.1) is 11.3 Å². The molecule has 0 unspecified atom stereocenters. The number of aromatic nitrogens is 1. The average Bonchev–Trinajstić information content (AvgIpc) is 3.10. The molecule has 4 heteroatoms. The van der Waals surface area contributed by atoms with Crippen LogP contribution in [0.1, 0.15) is 15.4 Å². The van der Waals surface area contributed by atoms with Crippen molar-refractivity contribution in [2.24, 2.45) is 0 Å². The van der Waals surface area contributed by atoms with Crippen LogP contribution in [0.3, 0.4) is 0 Å². The van der Waals surface area contributed by atoms with E-state index < -0.39 is 0 Å². The van der Waals surface area contributed by atoms with Crippen molar-refractivity contribution >= 4 is 27.5 Å². The Balaban J connectivity index is 1.55. The van der Waals surface area contributed by atoms with Gasteiger partial charge in [0.1, 0.15) is 5.01 Å². The SMILES string of the molecule is O=C(NCc1nc2ccccc2s1)c1ccccc1-c1ccccc1. The van der Waals surface area contributed by atoms with Crippen molar-refractivity contribution < 1.29 is 4.79 Å². The molecule has 0 spiro atoms. The minimum absolute atomic E-state index is 0.0845. The van der Waals surface area contributed by atoms with Gasteiger partial charge in [0.15, 0.2) is 0 Å². The lowest BCUT2D eigenvalue weighted by Gasteiger charge is -2.09. The Hall–Kier alpha value is -2.98. The molecule has 0 aliphatic heterocycles. The number of fused-ring (bicyclic) bond motifs is 1. The highest BCUT2D eigenvalue weighted by molar-refractivity contribution is 7.18. The van der Waals surface area contributed by atoms with Crippen molar-refractivity contribution in [1.29, 1.82) is 0 Å². The zero-order valence-corrected chi connectivity index (χ0v) is 14.3. The summed E-state index contributed by atoms with van der Waals surface area (Å²) in [4.78, 5) is 17.3. The molecular weight excluding hydrogens is 328 g/mol. The van der Waals surface area contributed by atoms with Crippen molar-refractivity contribution in [3.05, 3.63) is 89.4 Å². The Kier molecular flexibility index (Phi) is 4.27. The molecule has 1 amide bonds. The summed E-state index contributed by atoms with van der Waals surface area (Å²) in [5.41, 5.74) is 3.62. The molecular formula is C21H16N2OS. The number of thiazole rings is 1. The minimum atomic E-state index is -0.0845. The quantitative estimate of drug-likeness (QED) is 0.572. The van der Waals surface area contributed by atoms with Gasteiger partial charge in [0.05, 0.1) is 16.8 Å². The molecule has 0 bridgehead atoms. The highest BCUT2D eigenvalue weighted by Gasteiger charge is 2.12. The number of carbonyl (C=O) groups is 1. The first-order valence-electron chi connectivity index (χ1n) is 8.08. The molecule has 0 saturated carbocycles. The molecule has 1 aromatic heterocycles. The van der Waals surface area contributed by atoms with E-state index in [0.29, 0.717) is 12.1 Å². The summed E-state index contributed by atoms with van der Waals surface area (Å²) in [6.07, 6.45) is 0. The molecule has 122 valence electrons. The van der Waals surface area contributed by atoms with Gasteiger partial charge in [0, 0.05) is 5.56 Å². The maximum Gasteiger partial charge on any atom is 0.252 e. The molecule has 1 heterocycles. The third-order valence-corrected chi connectivity index (χ3v) is 5.03. The van der Waals surface area contributed by atoms with E-state index in [1.807, 2.05) is 78.9 Å². The van der Waals surface area contributed by atoms with Crippen LogP contribution in [0.25, 0.3) is 21.3 Å². The van der Waals surface area contributed by atoms with Crippen LogP contribution in [-0.4, -0.2) is 10.9 Å². The molecule has 0 radical (unpaired) electrons. The van der Waals surface area contributed by atoms with Crippen LogP contribution in [0.4, 0.5) is 0 Å². The predicted octanol–water partition coefficient (Wildman–Crippen LogP) is 4.89. The van der Waals surface area contributed by atoms with Gasteiger partial charge in [-0.05, 0) is 29.3 Å². The van der Waals surface area contributed by atoms with Crippen molar-refractivity contribution in [3.63, 3.8) is 0 Å². The van der Waals surface area contributed by atoms with E-state index in [0.717, 1.165) is 26.4 Å². The first-order valence-corrected chi connectivity index (χ1v) is 8.90. The zero-order chi connectivity index (χ0) is 17.1. The number of hydrogen-bond donors (Lipinski definition) is 1. The van der Waals surface area contributed by atoms with E-state index in [4.69, 9.17) is 0 Å². The number of amides is 1. The molecule has 3 aromatic carbocycles. The van der Waals surface area contributed by atoms with Crippen LogP contribution < -0.4 is 5.32 Å². The maximum atomic E-state index is 12.7. The van der Waals surface area contributed by atoms with Gasteiger partial charge in [-0.1, -0.05) is 60.7 Å². The molecule has 0 fully saturated rings. The van der Waals surface area contributed by atoms with Gasteiger partial charge >= 0.3 is 0 Å². The summed E-state index contributed by atoms with van der Waals surface area (Å²) in [5.74, 6) is -0.0845. The molecule has 0 saturated heterocycles. The molecule has 4 rings (SSSR count). The lowest BCUT2D eigenvalue weighted by Crippen LogP contribution is -2.23. The van der Waals surface area contributed by atoms with Crippen molar-refractivity contribution in [1.82, 2.24) is 10.3 Å². The van der Waals surface area contributed by atoms with Gasteiger partial charge in [0.25, 0.3) is 5.91 Å². The monoisotopic (exact) mass is 344 g/mol. The van der Waals surface area contributed by atoms with Crippen molar-refractivity contribution in [3.8, 4) is 11.1 Å². The number of carbonyl (C=O) groups excluding carboxylic acids is 1. The van der Waals surface area contributed by atoms with Gasteiger partial charge in [-0.2, -0.15) is 0 Å². The molecule has 25 heavy (non-hydrogen) atoms. The van der Waals surface area contributed by atoms with Crippen LogP contribution in [-0.2, 0) is 6.54 Å². The van der Waals surface area contributed by atoms with Gasteiger partial charge < -0.3 is 5.32 Å². The van der Waals surface area contributed by atoms with Crippen molar-refractivity contribution in [2.45, 2.75) is 6.54 Å². The molecule has 0 aliphatic rings. The Morgan fingerprint density at radius 2 is 1.60 bits per heavy atom. The second-order valence-electron chi connectivity index (χ2n) is 5.67. The number of benzene rings is 3. The van der Waals surface area contributed by atoms with E-state index in [9.17, 15) is 4.79 Å². The van der Waals surface area contributed by atoms with Crippen molar-refractivity contribution in [2.75, 3.05) is 0 Å². The number of rotatable bonds is 4. The fourth-order valence-electron chi connectivity index (χ4n) is 2.80. The summed E-state index contributed by atoms with van der Waals surface area (Å²) in [6.45, 7) is 0.432. The first-order chi connectivity index (χ1) is 12.3. The summed E-state index contributed by atoms with van der Waals surface area (Å²) in [7, 11) is 0. The van der Waals surface area contributed by atoms with Gasteiger partial charge in [-0.25, -0.2) is 4.98 Å². The van der Waals surface area contributed by atoms with Crippen LogP contribution in [0, 0.1) is 0 Å². The summed E-state index contributed by atoms with van der Waals surface area (Å²) < 4.78 is 1.14. The van der Waals surface area contributed by atoms with E-state index >= 15 is 0 Å². The highest BCUT2D eigenvalue weighted by atomic mass is 32.1. The van der Waals surface area contributed by atoms with Crippen LogP contribution >= 0.6 is 11.3 Å². The average molecular weight is 344 g/mol. The molecule has 0 atom stereocenters. The normalized spacial score (nSPS) is 10.7. The fraction of sp³-hybridized carbons (Fsp3) is 0.0476. The number of nitrogens with zero attached hydrogens (tertiary/aromatic N) is 1. The van der Waals surface area contributed by atoms with E-state index in [1.54, 1.807) is 11.3 Å². The second-order valence-corrected chi connectivity index (χ2v) is 6.78. The van der Waals surface area contributed by atoms with Crippen LogP contribution in [0.5, 0.6) is 0 Å². The topological polar surface area (TPSA) is 42.0 Å². The number of hydrogen-bond acceptors (Lipinski definition) is 3. The fourth-order valence-corrected chi connectivity index (χ4v) is 3.70. The maximum absolute atomic E-state index is 12.7. The minimum Gasteiger partial charge on any atom is -0.346 e. The molecule has 3 nitrogen and oxygen atoms in total. The number of nitrogens with one attached hydrogen (secondary N) is 1. The third kappa shape index (κ3) is 3.30. The van der Waals surface area contributed by atoms with E-state index in [2.05, 4.69) is 10.3 Å². The molecule has 4 aromatic rings. The molecule has 1 N–H and O–H groups in total. The van der Waals surface area contributed by atoms with Crippen LogP contribution in [0.2, 0.25) is 0 Å². The third-order valence-electron chi connectivity index (χ3n) is 3.99. The van der Waals surface area contributed by atoms with E-state index in [-0.39, 0.29) is 5.91 Å². The zero-order valence-electron chi connectivity index (χ0n) is 13.5. The van der Waals surface area contributed by atoms with Crippen LogP contribution in [0.15, 0.2) is 78.9 Å². The molecule has 0 aliphatic carbocycles. The lowest BCUT2D eigenvalue weighted by molar-refractivity contribution is 0.0951. The Morgan fingerprint density at radius 1 is 0.880 bits per heavy atom. The highest BCUT2D eigenvalue weighted by Crippen LogP contribution is 2.24. The standard InChI is InChI=1S/C21H16N2OS/c24-21(22-14-20-23-18-12-6-7-13-19(18)25-20)17-11-5-4-10-16(17)15-8-2-1-3-9-15/h1-13H,14H2,(H,22,24). The second kappa shape index (κ2) is 6.87. The van der Waals surface area contributed by atoms with Gasteiger partial charge in [-0.3, -0.25) is 4.79 Å². The largest absolute Gasteiger partial charge is 0.346 e. The summed E-state index contributed by atoms with van der Waals surface area (Å²) >= 11 is 1.61.